The number of nitro groups is 1. The summed E-state index contributed by atoms with van der Waals surface area (Å²) in [5.74, 6) is -0.898. The molecule has 1 amide bonds. The highest BCUT2D eigenvalue weighted by Gasteiger charge is 2.27. The van der Waals surface area contributed by atoms with E-state index in [1.165, 1.54) is 26.2 Å². The lowest BCUT2D eigenvalue weighted by Gasteiger charge is -2.16. The Kier molecular flexibility index (Phi) is 6.20. The molecule has 3 rings (SSSR count). The molecule has 158 valence electrons. The molecular weight excluding hydrogens is 390 g/mol. The topological polar surface area (TPSA) is 120 Å². The fourth-order valence-electron chi connectivity index (χ4n) is 2.82. The zero-order chi connectivity index (χ0) is 21.8. The van der Waals surface area contributed by atoms with Crippen molar-refractivity contribution in [3.63, 3.8) is 0 Å². The molecule has 0 bridgehead atoms. The van der Waals surface area contributed by atoms with Gasteiger partial charge < -0.3 is 20.1 Å². The van der Waals surface area contributed by atoms with Crippen molar-refractivity contribution in [2.45, 2.75) is 38.8 Å². The summed E-state index contributed by atoms with van der Waals surface area (Å²) in [6.07, 6.45) is 0.796. The molecule has 9 nitrogen and oxygen atoms in total. The monoisotopic (exact) mass is 413 g/mol. The van der Waals surface area contributed by atoms with Gasteiger partial charge in [0.2, 0.25) is 0 Å². The number of rotatable bonds is 8. The summed E-state index contributed by atoms with van der Waals surface area (Å²) in [6, 6.07) is 9.60. The molecule has 1 aliphatic rings. The molecule has 1 fully saturated rings. The van der Waals surface area contributed by atoms with Crippen molar-refractivity contribution < 1.29 is 24.0 Å². The van der Waals surface area contributed by atoms with Gasteiger partial charge in [0.05, 0.1) is 23.3 Å². The fourth-order valence-corrected chi connectivity index (χ4v) is 2.82. The molecule has 1 aliphatic carbocycles. The van der Waals surface area contributed by atoms with Gasteiger partial charge in [0.1, 0.15) is 11.4 Å². The Hall–Kier alpha value is -3.62. The van der Waals surface area contributed by atoms with Crippen LogP contribution in [0.25, 0.3) is 0 Å². The summed E-state index contributed by atoms with van der Waals surface area (Å²) in [4.78, 5) is 35.7. The van der Waals surface area contributed by atoms with Gasteiger partial charge in [-0.2, -0.15) is 0 Å². The highest BCUT2D eigenvalue weighted by atomic mass is 16.6. The van der Waals surface area contributed by atoms with Crippen LogP contribution >= 0.6 is 0 Å². The minimum atomic E-state index is -1.12. The number of nitrogens with zero attached hydrogens (tertiary/aromatic N) is 1. The maximum Gasteiger partial charge on any atom is 0.339 e. The van der Waals surface area contributed by atoms with Crippen molar-refractivity contribution in [2.75, 3.05) is 17.7 Å². The van der Waals surface area contributed by atoms with Crippen LogP contribution in [0.2, 0.25) is 0 Å². The molecule has 2 aromatic carbocycles. The molecule has 0 aliphatic heterocycles. The first kappa shape index (κ1) is 21.1. The van der Waals surface area contributed by atoms with E-state index in [4.69, 9.17) is 9.47 Å². The smallest absolute Gasteiger partial charge is 0.339 e. The van der Waals surface area contributed by atoms with E-state index in [2.05, 4.69) is 10.6 Å². The summed E-state index contributed by atoms with van der Waals surface area (Å²) < 4.78 is 10.4. The van der Waals surface area contributed by atoms with E-state index < -0.39 is 22.9 Å². The summed E-state index contributed by atoms with van der Waals surface area (Å²) in [6.45, 7) is 3.29. The number of ether oxygens (including phenoxy) is 2. The SMILES string of the molecule is COc1ccc(C)cc1NC(=O)[C@@H](C)OC(=O)c1ccc(NC2CC2)c([N+](=O)[O-])c1. The van der Waals surface area contributed by atoms with E-state index in [1.54, 1.807) is 12.1 Å². The van der Waals surface area contributed by atoms with Crippen molar-refractivity contribution in [2.24, 2.45) is 0 Å². The van der Waals surface area contributed by atoms with Gasteiger partial charge in [0.15, 0.2) is 6.10 Å². The number of aryl methyl sites for hydroxylation is 1. The Morgan fingerprint density at radius 3 is 2.53 bits per heavy atom. The van der Waals surface area contributed by atoms with E-state index in [9.17, 15) is 19.7 Å². The van der Waals surface area contributed by atoms with Crippen LogP contribution in [0.15, 0.2) is 36.4 Å². The van der Waals surface area contributed by atoms with E-state index in [0.29, 0.717) is 17.1 Å². The lowest BCUT2D eigenvalue weighted by Crippen LogP contribution is -2.30. The number of hydrogen-bond acceptors (Lipinski definition) is 7. The van der Waals surface area contributed by atoms with Crippen LogP contribution in [0.4, 0.5) is 17.1 Å². The van der Waals surface area contributed by atoms with E-state index in [-0.39, 0.29) is 17.3 Å². The summed E-state index contributed by atoms with van der Waals surface area (Å²) in [7, 11) is 1.48. The molecule has 0 saturated heterocycles. The highest BCUT2D eigenvalue weighted by molar-refractivity contribution is 5.98. The van der Waals surface area contributed by atoms with Gasteiger partial charge >= 0.3 is 5.97 Å². The number of nitro benzene ring substituents is 1. The predicted molar refractivity (Wildman–Crippen MR) is 111 cm³/mol. The van der Waals surface area contributed by atoms with Crippen molar-refractivity contribution in [1.29, 1.82) is 0 Å². The second-order valence-corrected chi connectivity index (χ2v) is 7.15. The largest absolute Gasteiger partial charge is 0.495 e. The quantitative estimate of drug-likeness (QED) is 0.385. The average Bonchev–Trinajstić information content (AvgIpc) is 3.52. The normalized spacial score (nSPS) is 13.8. The van der Waals surface area contributed by atoms with Crippen LogP contribution in [-0.4, -0.2) is 36.1 Å². The molecule has 1 atom stereocenters. The third-order valence-electron chi connectivity index (χ3n) is 4.63. The zero-order valence-corrected chi connectivity index (χ0v) is 16.9. The fraction of sp³-hybridized carbons (Fsp3) is 0.333. The molecule has 0 spiro atoms. The minimum Gasteiger partial charge on any atom is -0.495 e. The predicted octanol–water partition coefficient (Wildman–Crippen LogP) is 3.67. The summed E-state index contributed by atoms with van der Waals surface area (Å²) in [5, 5.41) is 17.1. The number of carbonyl (C=O) groups excluding carboxylic acids is 2. The van der Waals surface area contributed by atoms with Crippen LogP contribution in [0.3, 0.4) is 0 Å². The number of nitrogens with one attached hydrogen (secondary N) is 2. The first-order valence-electron chi connectivity index (χ1n) is 9.50. The molecule has 2 aromatic rings. The first-order valence-corrected chi connectivity index (χ1v) is 9.50. The Morgan fingerprint density at radius 1 is 1.17 bits per heavy atom. The summed E-state index contributed by atoms with van der Waals surface area (Å²) >= 11 is 0. The number of methoxy groups -OCH3 is 1. The Bertz CT molecular complexity index is 987. The Balaban J connectivity index is 1.69. The number of anilines is 2. The molecule has 2 N–H and O–H groups in total. The molecule has 0 heterocycles. The second kappa shape index (κ2) is 8.81. The van der Waals surface area contributed by atoms with Gasteiger partial charge in [0.25, 0.3) is 11.6 Å². The second-order valence-electron chi connectivity index (χ2n) is 7.15. The number of hydrogen-bond donors (Lipinski definition) is 2. The lowest BCUT2D eigenvalue weighted by molar-refractivity contribution is -0.384. The molecule has 0 aromatic heterocycles. The van der Waals surface area contributed by atoms with Crippen LogP contribution in [-0.2, 0) is 9.53 Å². The Morgan fingerprint density at radius 2 is 1.90 bits per heavy atom. The summed E-state index contributed by atoms with van der Waals surface area (Å²) in [5.41, 5.74) is 1.52. The maximum atomic E-state index is 12.5. The number of benzene rings is 2. The number of amides is 1. The van der Waals surface area contributed by atoms with Crippen molar-refractivity contribution in [1.82, 2.24) is 0 Å². The average molecular weight is 413 g/mol. The molecule has 1 saturated carbocycles. The van der Waals surface area contributed by atoms with Gasteiger partial charge in [-0.25, -0.2) is 4.79 Å². The molecule has 0 unspecified atom stereocenters. The van der Waals surface area contributed by atoms with E-state index in [0.717, 1.165) is 24.5 Å². The van der Waals surface area contributed by atoms with Gasteiger partial charge in [-0.05, 0) is 56.5 Å². The van der Waals surface area contributed by atoms with Gasteiger partial charge in [-0.1, -0.05) is 6.07 Å². The highest BCUT2D eigenvalue weighted by Crippen LogP contribution is 2.32. The van der Waals surface area contributed by atoms with Crippen LogP contribution < -0.4 is 15.4 Å². The molecule has 0 radical (unpaired) electrons. The first-order chi connectivity index (χ1) is 14.3. The Labute approximate surface area is 173 Å². The van der Waals surface area contributed by atoms with Crippen molar-refractivity contribution >= 4 is 28.9 Å². The lowest BCUT2D eigenvalue weighted by atomic mass is 10.1. The van der Waals surface area contributed by atoms with Crippen LogP contribution in [0.1, 0.15) is 35.7 Å². The maximum absolute atomic E-state index is 12.5. The third-order valence-corrected chi connectivity index (χ3v) is 4.63. The minimum absolute atomic E-state index is 0.00386. The standard InChI is InChI=1S/C21H23N3O6/c1-12-4-9-19(29-3)17(10-12)23-20(25)13(2)30-21(26)14-5-8-16(22-15-6-7-15)18(11-14)24(27)28/h4-5,8-11,13,15,22H,6-7H2,1-3H3,(H,23,25)/t13-/m1/s1. The zero-order valence-electron chi connectivity index (χ0n) is 16.9. The molecule has 30 heavy (non-hydrogen) atoms. The van der Waals surface area contributed by atoms with E-state index >= 15 is 0 Å². The number of carbonyl (C=O) groups is 2. The van der Waals surface area contributed by atoms with Crippen LogP contribution in [0, 0.1) is 17.0 Å². The van der Waals surface area contributed by atoms with Crippen molar-refractivity contribution in [3.05, 3.63) is 57.6 Å². The van der Waals surface area contributed by atoms with Gasteiger partial charge in [-0.3, -0.25) is 14.9 Å². The number of esters is 1. The molecule has 9 heteroatoms. The van der Waals surface area contributed by atoms with Gasteiger partial charge in [0, 0.05) is 12.1 Å². The van der Waals surface area contributed by atoms with Crippen LogP contribution in [0.5, 0.6) is 5.75 Å². The van der Waals surface area contributed by atoms with Crippen molar-refractivity contribution in [3.8, 4) is 5.75 Å². The third kappa shape index (κ3) is 5.05. The molecular formula is C21H23N3O6. The van der Waals surface area contributed by atoms with E-state index in [1.807, 2.05) is 13.0 Å². The van der Waals surface area contributed by atoms with Gasteiger partial charge in [-0.15, -0.1) is 0 Å².